The summed E-state index contributed by atoms with van der Waals surface area (Å²) < 4.78 is 39.3. The molecule has 0 bridgehead atoms. The van der Waals surface area contributed by atoms with Crippen LogP contribution in [0.2, 0.25) is 0 Å². The predicted octanol–water partition coefficient (Wildman–Crippen LogP) is 4.76. The monoisotopic (exact) mass is 424 g/mol. The molecule has 170 valence electrons. The zero-order chi connectivity index (χ0) is 21.4. The molecular formula is C24H38F2N2O2. The van der Waals surface area contributed by atoms with E-state index in [0.717, 1.165) is 88.4 Å². The van der Waals surface area contributed by atoms with Gasteiger partial charge in [-0.2, -0.15) is 0 Å². The number of nitrogens with zero attached hydrogens (tertiary/aromatic N) is 2. The van der Waals surface area contributed by atoms with Gasteiger partial charge in [-0.1, -0.05) is 0 Å². The fourth-order valence-electron chi connectivity index (χ4n) is 6.38. The Bertz CT molecular complexity index is 682. The van der Waals surface area contributed by atoms with E-state index in [0.29, 0.717) is 13.2 Å². The Balaban J connectivity index is 1.38. The highest BCUT2D eigenvalue weighted by atomic mass is 19.1. The van der Waals surface area contributed by atoms with E-state index >= 15 is 0 Å². The number of ether oxygens (including phenoxy) is 2. The molecule has 4 fully saturated rings. The van der Waals surface area contributed by atoms with E-state index in [4.69, 9.17) is 9.47 Å². The van der Waals surface area contributed by atoms with Crippen molar-refractivity contribution in [3.05, 3.63) is 23.8 Å². The van der Waals surface area contributed by atoms with Crippen molar-refractivity contribution in [2.75, 3.05) is 32.8 Å². The molecule has 0 saturated carbocycles. The van der Waals surface area contributed by atoms with E-state index in [-0.39, 0.29) is 29.3 Å². The van der Waals surface area contributed by atoms with Gasteiger partial charge in [0.25, 0.3) is 0 Å². The highest BCUT2D eigenvalue weighted by Gasteiger charge is 2.52. The Morgan fingerprint density at radius 3 is 2.47 bits per heavy atom. The van der Waals surface area contributed by atoms with Gasteiger partial charge in [0.15, 0.2) is 0 Å². The highest BCUT2D eigenvalue weighted by molar-refractivity contribution is 5.25. The van der Waals surface area contributed by atoms with Crippen LogP contribution in [0.3, 0.4) is 0 Å². The van der Waals surface area contributed by atoms with Gasteiger partial charge in [0.2, 0.25) is 0 Å². The molecule has 4 atom stereocenters. The molecule has 4 aliphatic heterocycles. The molecule has 0 aliphatic carbocycles. The SMILES string of the molecule is CC(C)OC[C@]12CCCN1C(C[C@@H](C)OC[C@]13CCCN1C/C(=C\F)C3)/C(=C/F)C2. The topological polar surface area (TPSA) is 24.9 Å². The van der Waals surface area contributed by atoms with Crippen molar-refractivity contribution in [1.29, 1.82) is 0 Å². The summed E-state index contributed by atoms with van der Waals surface area (Å²) in [7, 11) is 0. The maximum atomic E-state index is 13.8. The van der Waals surface area contributed by atoms with Crippen molar-refractivity contribution in [1.82, 2.24) is 9.80 Å². The van der Waals surface area contributed by atoms with E-state index in [1.807, 2.05) is 0 Å². The zero-order valence-corrected chi connectivity index (χ0v) is 18.8. The Hall–Kier alpha value is -0.820. The summed E-state index contributed by atoms with van der Waals surface area (Å²) in [5.74, 6) is 0. The van der Waals surface area contributed by atoms with Crippen LogP contribution in [0.1, 0.15) is 65.7 Å². The van der Waals surface area contributed by atoms with Gasteiger partial charge in [0.1, 0.15) is 0 Å². The van der Waals surface area contributed by atoms with E-state index in [2.05, 4.69) is 30.6 Å². The minimum atomic E-state index is -0.0558. The van der Waals surface area contributed by atoms with E-state index < -0.39 is 0 Å². The van der Waals surface area contributed by atoms with Crippen molar-refractivity contribution < 1.29 is 18.3 Å². The van der Waals surface area contributed by atoms with Crippen molar-refractivity contribution >= 4 is 0 Å². The molecule has 0 aromatic carbocycles. The van der Waals surface area contributed by atoms with Gasteiger partial charge < -0.3 is 9.47 Å². The largest absolute Gasteiger partial charge is 0.377 e. The van der Waals surface area contributed by atoms with E-state index in [1.54, 1.807) is 0 Å². The number of fused-ring (bicyclic) bond motifs is 2. The molecular weight excluding hydrogens is 386 g/mol. The number of halogens is 2. The Labute approximate surface area is 180 Å². The van der Waals surface area contributed by atoms with Crippen LogP contribution in [-0.4, -0.2) is 72.0 Å². The average molecular weight is 425 g/mol. The van der Waals surface area contributed by atoms with Gasteiger partial charge in [-0.15, -0.1) is 0 Å². The third kappa shape index (κ3) is 4.13. The van der Waals surface area contributed by atoms with Gasteiger partial charge in [-0.05, 0) is 90.0 Å². The summed E-state index contributed by atoms with van der Waals surface area (Å²) in [4.78, 5) is 4.88. The Morgan fingerprint density at radius 2 is 1.73 bits per heavy atom. The lowest BCUT2D eigenvalue weighted by Gasteiger charge is -2.36. The first-order chi connectivity index (χ1) is 14.4. The summed E-state index contributed by atoms with van der Waals surface area (Å²) in [6.45, 7) is 10.3. The molecule has 4 nitrogen and oxygen atoms in total. The van der Waals surface area contributed by atoms with Gasteiger partial charge in [-0.3, -0.25) is 9.80 Å². The molecule has 0 radical (unpaired) electrons. The van der Waals surface area contributed by atoms with Crippen LogP contribution >= 0.6 is 0 Å². The first-order valence-corrected chi connectivity index (χ1v) is 11.7. The lowest BCUT2D eigenvalue weighted by atomic mass is 9.92. The fraction of sp³-hybridized carbons (Fsp3) is 0.833. The number of rotatable bonds is 8. The minimum Gasteiger partial charge on any atom is -0.377 e. The maximum absolute atomic E-state index is 13.8. The molecule has 4 heterocycles. The van der Waals surface area contributed by atoms with Crippen LogP contribution in [-0.2, 0) is 9.47 Å². The van der Waals surface area contributed by atoms with Gasteiger partial charge in [0, 0.05) is 23.7 Å². The Morgan fingerprint density at radius 1 is 1.00 bits per heavy atom. The lowest BCUT2D eigenvalue weighted by molar-refractivity contribution is -0.0291. The standard InChI is InChI=1S/C24H38F2N2O2/c1-18(2)29-17-24-7-5-9-28(24)22(21(12-24)14-26)10-19(3)30-16-23-6-4-8-27(23)15-20(11-23)13-25/h13-14,18-19,22H,4-12,15-17H2,1-3H3/b20-13-,21-14+/t19-,22?,23-,24-/m1/s1. The normalized spacial score (nSPS) is 38.3. The molecule has 0 aromatic rings. The van der Waals surface area contributed by atoms with Crippen LogP contribution in [0.25, 0.3) is 0 Å². The van der Waals surface area contributed by atoms with Gasteiger partial charge in [-0.25, -0.2) is 8.78 Å². The molecule has 0 N–H and O–H groups in total. The average Bonchev–Trinajstić information content (AvgIpc) is 3.44. The number of hydrogen-bond acceptors (Lipinski definition) is 4. The van der Waals surface area contributed by atoms with Gasteiger partial charge >= 0.3 is 0 Å². The molecule has 4 saturated heterocycles. The molecule has 0 aromatic heterocycles. The molecule has 0 amide bonds. The second kappa shape index (κ2) is 8.97. The van der Waals surface area contributed by atoms with E-state index in [1.165, 1.54) is 0 Å². The summed E-state index contributed by atoms with van der Waals surface area (Å²) >= 11 is 0. The third-order valence-electron chi connectivity index (χ3n) is 7.85. The predicted molar refractivity (Wildman–Crippen MR) is 115 cm³/mol. The molecule has 4 aliphatic rings. The molecule has 0 spiro atoms. The lowest BCUT2D eigenvalue weighted by Crippen LogP contribution is -2.47. The zero-order valence-electron chi connectivity index (χ0n) is 18.8. The van der Waals surface area contributed by atoms with Crippen molar-refractivity contribution in [2.45, 2.75) is 95.0 Å². The molecule has 30 heavy (non-hydrogen) atoms. The van der Waals surface area contributed by atoms with Crippen LogP contribution in [0, 0.1) is 0 Å². The van der Waals surface area contributed by atoms with E-state index in [9.17, 15) is 8.78 Å². The highest BCUT2D eigenvalue weighted by Crippen LogP contribution is 2.47. The van der Waals surface area contributed by atoms with Crippen molar-refractivity contribution in [3.8, 4) is 0 Å². The summed E-state index contributed by atoms with van der Waals surface area (Å²) in [6, 6.07) is 0.0883. The van der Waals surface area contributed by atoms with Crippen LogP contribution in [0.15, 0.2) is 23.8 Å². The van der Waals surface area contributed by atoms with Crippen LogP contribution in [0.5, 0.6) is 0 Å². The summed E-state index contributed by atoms with van der Waals surface area (Å²) in [6.07, 6.45) is 8.59. The van der Waals surface area contributed by atoms with Crippen molar-refractivity contribution in [3.63, 3.8) is 0 Å². The quantitative estimate of drug-likeness (QED) is 0.561. The molecule has 1 unspecified atom stereocenters. The van der Waals surface area contributed by atoms with Crippen LogP contribution in [0.4, 0.5) is 8.78 Å². The maximum Gasteiger partial charge on any atom is 0.0875 e. The first-order valence-electron chi connectivity index (χ1n) is 11.7. The smallest absolute Gasteiger partial charge is 0.0875 e. The van der Waals surface area contributed by atoms with Crippen LogP contribution < -0.4 is 0 Å². The number of hydrogen-bond donors (Lipinski definition) is 0. The summed E-state index contributed by atoms with van der Waals surface area (Å²) in [5.41, 5.74) is 1.68. The second-order valence-corrected chi connectivity index (χ2v) is 10.3. The molecule has 6 heteroatoms. The minimum absolute atomic E-state index is 0.0302. The second-order valence-electron chi connectivity index (χ2n) is 10.3. The third-order valence-corrected chi connectivity index (χ3v) is 7.85. The first kappa shape index (κ1) is 22.4. The van der Waals surface area contributed by atoms with Crippen molar-refractivity contribution in [2.24, 2.45) is 0 Å². The fourth-order valence-corrected chi connectivity index (χ4v) is 6.38. The Kier molecular flexibility index (Phi) is 6.69. The molecule has 4 rings (SSSR count). The van der Waals surface area contributed by atoms with Gasteiger partial charge in [0.05, 0.1) is 38.1 Å². The summed E-state index contributed by atoms with van der Waals surface area (Å²) in [5, 5.41) is 0.